The van der Waals surface area contributed by atoms with Gasteiger partial charge in [0.2, 0.25) is 0 Å². The third-order valence-electron chi connectivity index (χ3n) is 3.94. The van der Waals surface area contributed by atoms with E-state index >= 15 is 0 Å². The van der Waals surface area contributed by atoms with Crippen molar-refractivity contribution in [2.45, 2.75) is 33.7 Å². The van der Waals surface area contributed by atoms with Crippen LogP contribution in [0.5, 0.6) is 0 Å². The van der Waals surface area contributed by atoms with E-state index in [0.29, 0.717) is 24.6 Å². The SMILES string of the molecule is CCCNC(=O)c1cccc(CN=C(N)Nc2ccc(C)c(C)c2)c1.I. The monoisotopic (exact) mass is 466 g/mol. The van der Waals surface area contributed by atoms with E-state index in [0.717, 1.165) is 17.7 Å². The van der Waals surface area contributed by atoms with Crippen LogP contribution >= 0.6 is 24.0 Å². The van der Waals surface area contributed by atoms with E-state index in [4.69, 9.17) is 5.73 Å². The summed E-state index contributed by atoms with van der Waals surface area (Å²) < 4.78 is 0. The molecule has 0 saturated heterocycles. The number of guanidine groups is 1. The van der Waals surface area contributed by atoms with Crippen LogP contribution in [0.2, 0.25) is 0 Å². The Balaban J connectivity index is 0.00000338. The number of anilines is 1. The summed E-state index contributed by atoms with van der Waals surface area (Å²) in [6, 6.07) is 13.5. The van der Waals surface area contributed by atoms with Crippen molar-refractivity contribution in [3.8, 4) is 0 Å². The van der Waals surface area contributed by atoms with Crippen molar-refractivity contribution in [1.29, 1.82) is 0 Å². The number of benzene rings is 2. The van der Waals surface area contributed by atoms with E-state index < -0.39 is 0 Å². The molecule has 0 aliphatic heterocycles. The topological polar surface area (TPSA) is 79.5 Å². The molecule has 2 rings (SSSR count). The van der Waals surface area contributed by atoms with Crippen molar-refractivity contribution in [3.05, 3.63) is 64.7 Å². The van der Waals surface area contributed by atoms with E-state index in [1.807, 2.05) is 43.3 Å². The Labute approximate surface area is 172 Å². The van der Waals surface area contributed by atoms with E-state index in [1.54, 1.807) is 6.07 Å². The number of nitrogens with zero attached hydrogens (tertiary/aromatic N) is 1. The summed E-state index contributed by atoms with van der Waals surface area (Å²) in [6.45, 7) is 7.24. The average molecular weight is 466 g/mol. The van der Waals surface area contributed by atoms with Gasteiger partial charge < -0.3 is 16.4 Å². The van der Waals surface area contributed by atoms with Gasteiger partial charge >= 0.3 is 0 Å². The smallest absolute Gasteiger partial charge is 0.251 e. The van der Waals surface area contributed by atoms with Crippen LogP contribution in [0, 0.1) is 13.8 Å². The molecule has 0 heterocycles. The number of rotatable bonds is 6. The van der Waals surface area contributed by atoms with Crippen molar-refractivity contribution >= 4 is 41.5 Å². The normalized spacial score (nSPS) is 10.8. The summed E-state index contributed by atoms with van der Waals surface area (Å²) in [6.07, 6.45) is 0.913. The maximum atomic E-state index is 12.0. The van der Waals surface area contributed by atoms with Gasteiger partial charge in [0.15, 0.2) is 5.96 Å². The lowest BCUT2D eigenvalue weighted by Crippen LogP contribution is -2.24. The number of carbonyl (C=O) groups is 1. The molecule has 0 saturated carbocycles. The minimum atomic E-state index is -0.0612. The molecule has 26 heavy (non-hydrogen) atoms. The van der Waals surface area contributed by atoms with Gasteiger partial charge in [-0.15, -0.1) is 24.0 Å². The number of hydrogen-bond donors (Lipinski definition) is 3. The molecule has 0 atom stereocenters. The summed E-state index contributed by atoms with van der Waals surface area (Å²) in [5.41, 5.74) is 10.9. The van der Waals surface area contributed by atoms with Crippen molar-refractivity contribution in [2.75, 3.05) is 11.9 Å². The number of nitrogens with two attached hydrogens (primary N) is 1. The molecule has 0 aliphatic rings. The van der Waals surface area contributed by atoms with Crippen LogP contribution in [0.3, 0.4) is 0 Å². The molecule has 0 spiro atoms. The molecule has 0 bridgehead atoms. The summed E-state index contributed by atoms with van der Waals surface area (Å²) >= 11 is 0. The van der Waals surface area contributed by atoms with Gasteiger partial charge in [-0.1, -0.05) is 25.1 Å². The highest BCUT2D eigenvalue weighted by molar-refractivity contribution is 14.0. The maximum Gasteiger partial charge on any atom is 0.251 e. The lowest BCUT2D eigenvalue weighted by atomic mass is 10.1. The highest BCUT2D eigenvalue weighted by Gasteiger charge is 2.05. The number of halogens is 1. The third kappa shape index (κ3) is 6.67. The summed E-state index contributed by atoms with van der Waals surface area (Å²) in [4.78, 5) is 16.4. The highest BCUT2D eigenvalue weighted by atomic mass is 127. The van der Waals surface area contributed by atoms with Crippen molar-refractivity contribution in [1.82, 2.24) is 5.32 Å². The van der Waals surface area contributed by atoms with Gasteiger partial charge in [-0.3, -0.25) is 4.79 Å². The van der Waals surface area contributed by atoms with Crippen LogP contribution < -0.4 is 16.4 Å². The highest BCUT2D eigenvalue weighted by Crippen LogP contribution is 2.14. The number of aryl methyl sites for hydroxylation is 2. The number of hydrogen-bond acceptors (Lipinski definition) is 2. The third-order valence-corrected chi connectivity index (χ3v) is 3.94. The molecule has 2 aromatic carbocycles. The molecule has 0 aromatic heterocycles. The Bertz CT molecular complexity index is 774. The zero-order valence-corrected chi connectivity index (χ0v) is 17.8. The fourth-order valence-corrected chi connectivity index (χ4v) is 2.33. The molecule has 5 nitrogen and oxygen atoms in total. The van der Waals surface area contributed by atoms with E-state index in [-0.39, 0.29) is 29.9 Å². The maximum absolute atomic E-state index is 12.0. The Morgan fingerprint density at radius 2 is 1.88 bits per heavy atom. The zero-order valence-electron chi connectivity index (χ0n) is 15.5. The summed E-state index contributed by atoms with van der Waals surface area (Å²) in [5.74, 6) is 0.290. The van der Waals surface area contributed by atoms with Crippen molar-refractivity contribution in [3.63, 3.8) is 0 Å². The average Bonchev–Trinajstić information content (AvgIpc) is 2.61. The van der Waals surface area contributed by atoms with E-state index in [2.05, 4.69) is 29.5 Å². The molecule has 0 radical (unpaired) electrons. The molecular weight excluding hydrogens is 439 g/mol. The molecule has 0 unspecified atom stereocenters. The minimum absolute atomic E-state index is 0. The van der Waals surface area contributed by atoms with Gasteiger partial charge in [-0.05, 0) is 61.2 Å². The van der Waals surface area contributed by atoms with Crippen LogP contribution in [0.4, 0.5) is 5.69 Å². The van der Waals surface area contributed by atoms with Crippen molar-refractivity contribution in [2.24, 2.45) is 10.7 Å². The second-order valence-corrected chi connectivity index (χ2v) is 6.08. The lowest BCUT2D eigenvalue weighted by molar-refractivity contribution is 0.0953. The van der Waals surface area contributed by atoms with E-state index in [9.17, 15) is 4.79 Å². The van der Waals surface area contributed by atoms with Crippen LogP contribution in [-0.2, 0) is 6.54 Å². The Hall–Kier alpha value is -2.09. The summed E-state index contributed by atoms with van der Waals surface area (Å²) in [5, 5.41) is 5.97. The second kappa shape index (κ2) is 10.8. The predicted octanol–water partition coefficient (Wildman–Crippen LogP) is 3.99. The standard InChI is InChI=1S/C20H26N4O.HI/c1-4-10-22-19(25)17-7-5-6-16(12-17)13-23-20(21)24-18-9-8-14(2)15(3)11-18;/h5-9,11-12H,4,10,13H2,1-3H3,(H,22,25)(H3,21,23,24);1H. The Morgan fingerprint density at radius 1 is 1.12 bits per heavy atom. The van der Waals surface area contributed by atoms with Gasteiger partial charge in [0.05, 0.1) is 6.54 Å². The minimum Gasteiger partial charge on any atom is -0.370 e. The van der Waals surface area contributed by atoms with E-state index in [1.165, 1.54) is 11.1 Å². The van der Waals surface area contributed by atoms with Crippen LogP contribution in [-0.4, -0.2) is 18.4 Å². The molecule has 6 heteroatoms. The second-order valence-electron chi connectivity index (χ2n) is 6.08. The van der Waals surface area contributed by atoms with Gasteiger partial charge in [0, 0.05) is 17.8 Å². The predicted molar refractivity (Wildman–Crippen MR) is 119 cm³/mol. The fourth-order valence-electron chi connectivity index (χ4n) is 2.33. The first-order valence-electron chi connectivity index (χ1n) is 8.51. The lowest BCUT2D eigenvalue weighted by Gasteiger charge is -2.08. The fraction of sp³-hybridized carbons (Fsp3) is 0.300. The summed E-state index contributed by atoms with van der Waals surface area (Å²) in [7, 11) is 0. The molecule has 1 amide bonds. The quantitative estimate of drug-likeness (QED) is 0.342. The first-order chi connectivity index (χ1) is 12.0. The number of nitrogens with one attached hydrogen (secondary N) is 2. The first kappa shape index (κ1) is 22.0. The Morgan fingerprint density at radius 3 is 2.58 bits per heavy atom. The Kier molecular flexibility index (Phi) is 9.12. The largest absolute Gasteiger partial charge is 0.370 e. The first-order valence-corrected chi connectivity index (χ1v) is 8.51. The molecule has 0 aliphatic carbocycles. The number of carbonyl (C=O) groups excluding carboxylic acids is 1. The van der Waals surface area contributed by atoms with Gasteiger partial charge in [0.1, 0.15) is 0 Å². The molecule has 2 aromatic rings. The number of aliphatic imine (C=N–C) groups is 1. The molecule has 140 valence electrons. The van der Waals surface area contributed by atoms with Gasteiger partial charge in [-0.2, -0.15) is 0 Å². The van der Waals surface area contributed by atoms with Crippen LogP contribution in [0.25, 0.3) is 0 Å². The van der Waals surface area contributed by atoms with Crippen molar-refractivity contribution < 1.29 is 4.79 Å². The van der Waals surface area contributed by atoms with Gasteiger partial charge in [0.25, 0.3) is 5.91 Å². The van der Waals surface area contributed by atoms with Crippen LogP contribution in [0.1, 0.15) is 40.4 Å². The molecule has 4 N–H and O–H groups in total. The molecular formula is C20H27IN4O. The molecule has 0 fully saturated rings. The van der Waals surface area contributed by atoms with Gasteiger partial charge in [-0.25, -0.2) is 4.99 Å². The zero-order chi connectivity index (χ0) is 18.2. The number of amides is 1. The van der Waals surface area contributed by atoms with Crippen LogP contribution in [0.15, 0.2) is 47.5 Å².